The fourth-order valence-corrected chi connectivity index (χ4v) is 9.44. The first-order valence-electron chi connectivity index (χ1n) is 20.4. The standard InChI is InChI=1S/C56H47N/c1-55(2)34-35-56(3,4)53-37-41(28-33-52(53)55)38-24-29-43(30-25-38)57(44-31-26-40(27-32-44)46-22-13-16-39-14-5-7-17-45(39)46)54-23-12-11-21-50(54)51-36-42-15-6-8-18-47(42)48-19-9-10-20-49(48)51/h5-33,36-37H,34-35H2,1-4H3. The Labute approximate surface area is 336 Å². The summed E-state index contributed by atoms with van der Waals surface area (Å²) in [5.41, 5.74) is 14.1. The molecule has 1 aliphatic carbocycles. The summed E-state index contributed by atoms with van der Waals surface area (Å²) in [5.74, 6) is 0. The average Bonchev–Trinajstić information content (AvgIpc) is 3.25. The van der Waals surface area contributed by atoms with Crippen molar-refractivity contribution in [1.29, 1.82) is 0 Å². The van der Waals surface area contributed by atoms with Crippen LogP contribution in [-0.4, -0.2) is 0 Å². The van der Waals surface area contributed by atoms with Crippen molar-refractivity contribution in [2.75, 3.05) is 4.90 Å². The van der Waals surface area contributed by atoms with Gasteiger partial charge in [0.2, 0.25) is 0 Å². The van der Waals surface area contributed by atoms with Crippen LogP contribution in [0.4, 0.5) is 17.1 Å². The van der Waals surface area contributed by atoms with E-state index in [0.717, 1.165) is 17.1 Å². The molecule has 0 radical (unpaired) electrons. The van der Waals surface area contributed by atoms with E-state index in [-0.39, 0.29) is 10.8 Å². The summed E-state index contributed by atoms with van der Waals surface area (Å²) < 4.78 is 0. The van der Waals surface area contributed by atoms with Gasteiger partial charge in [-0.2, -0.15) is 0 Å². The van der Waals surface area contributed by atoms with Gasteiger partial charge in [-0.05, 0) is 131 Å². The Morgan fingerprint density at radius 3 is 1.61 bits per heavy atom. The van der Waals surface area contributed by atoms with Gasteiger partial charge in [-0.25, -0.2) is 0 Å². The maximum atomic E-state index is 2.47. The lowest BCUT2D eigenvalue weighted by molar-refractivity contribution is 0.332. The van der Waals surface area contributed by atoms with Gasteiger partial charge in [-0.1, -0.05) is 179 Å². The minimum atomic E-state index is 0.159. The molecule has 0 aliphatic heterocycles. The van der Waals surface area contributed by atoms with Gasteiger partial charge in [0.1, 0.15) is 0 Å². The summed E-state index contributed by atoms with van der Waals surface area (Å²) in [7, 11) is 0. The zero-order valence-electron chi connectivity index (χ0n) is 33.3. The van der Waals surface area contributed by atoms with E-state index >= 15 is 0 Å². The molecular formula is C56H47N. The van der Waals surface area contributed by atoms with Gasteiger partial charge in [0.15, 0.2) is 0 Å². The number of benzene rings is 9. The van der Waals surface area contributed by atoms with Crippen LogP contribution in [-0.2, 0) is 10.8 Å². The third-order valence-corrected chi connectivity index (χ3v) is 12.7. The molecule has 0 unspecified atom stereocenters. The monoisotopic (exact) mass is 733 g/mol. The molecule has 0 amide bonds. The maximum Gasteiger partial charge on any atom is 0.0540 e. The first kappa shape index (κ1) is 35.0. The smallest absolute Gasteiger partial charge is 0.0540 e. The van der Waals surface area contributed by atoms with Gasteiger partial charge in [0.25, 0.3) is 0 Å². The van der Waals surface area contributed by atoms with E-state index in [1.54, 1.807) is 0 Å². The number of para-hydroxylation sites is 1. The first-order chi connectivity index (χ1) is 27.7. The van der Waals surface area contributed by atoms with Crippen LogP contribution in [0.15, 0.2) is 188 Å². The zero-order valence-corrected chi connectivity index (χ0v) is 33.3. The number of hydrogen-bond donors (Lipinski definition) is 0. The third kappa shape index (κ3) is 6.10. The quantitative estimate of drug-likeness (QED) is 0.154. The van der Waals surface area contributed by atoms with E-state index in [4.69, 9.17) is 0 Å². The first-order valence-corrected chi connectivity index (χ1v) is 20.4. The average molecular weight is 734 g/mol. The molecule has 0 saturated heterocycles. The summed E-state index contributed by atoms with van der Waals surface area (Å²) >= 11 is 0. The highest BCUT2D eigenvalue weighted by atomic mass is 15.1. The molecular weight excluding hydrogens is 687 g/mol. The molecule has 0 spiro atoms. The highest BCUT2D eigenvalue weighted by Crippen LogP contribution is 2.48. The van der Waals surface area contributed by atoms with Crippen molar-refractivity contribution in [1.82, 2.24) is 0 Å². The zero-order chi connectivity index (χ0) is 38.7. The molecule has 10 rings (SSSR count). The lowest BCUT2D eigenvalue weighted by Crippen LogP contribution is -2.33. The van der Waals surface area contributed by atoms with Gasteiger partial charge in [-0.15, -0.1) is 0 Å². The molecule has 9 aromatic rings. The van der Waals surface area contributed by atoms with Crippen molar-refractivity contribution in [2.45, 2.75) is 51.4 Å². The van der Waals surface area contributed by atoms with Crippen LogP contribution in [0.25, 0.3) is 65.7 Å². The van der Waals surface area contributed by atoms with E-state index < -0.39 is 0 Å². The highest BCUT2D eigenvalue weighted by molar-refractivity contribution is 6.15. The highest BCUT2D eigenvalue weighted by Gasteiger charge is 2.37. The van der Waals surface area contributed by atoms with Crippen LogP contribution in [0.5, 0.6) is 0 Å². The second kappa shape index (κ2) is 13.6. The van der Waals surface area contributed by atoms with Crippen LogP contribution < -0.4 is 4.90 Å². The lowest BCUT2D eigenvalue weighted by atomic mass is 9.63. The molecule has 57 heavy (non-hydrogen) atoms. The molecule has 0 heterocycles. The van der Waals surface area contributed by atoms with Gasteiger partial charge < -0.3 is 4.90 Å². The maximum absolute atomic E-state index is 2.47. The fourth-order valence-electron chi connectivity index (χ4n) is 9.44. The van der Waals surface area contributed by atoms with E-state index in [0.29, 0.717) is 0 Å². The van der Waals surface area contributed by atoms with E-state index in [2.05, 4.69) is 221 Å². The van der Waals surface area contributed by atoms with Crippen molar-refractivity contribution in [3.63, 3.8) is 0 Å². The summed E-state index contributed by atoms with van der Waals surface area (Å²) in [5, 5.41) is 7.57. The largest absolute Gasteiger partial charge is 0.310 e. The molecule has 0 fully saturated rings. The van der Waals surface area contributed by atoms with Gasteiger partial charge in [0, 0.05) is 16.9 Å². The molecule has 9 aromatic carbocycles. The molecule has 1 nitrogen and oxygen atoms in total. The van der Waals surface area contributed by atoms with Crippen molar-refractivity contribution < 1.29 is 0 Å². The van der Waals surface area contributed by atoms with E-state index in [9.17, 15) is 0 Å². The topological polar surface area (TPSA) is 3.24 Å². The van der Waals surface area contributed by atoms with Gasteiger partial charge >= 0.3 is 0 Å². The summed E-state index contributed by atoms with van der Waals surface area (Å²) in [4.78, 5) is 2.44. The van der Waals surface area contributed by atoms with Gasteiger partial charge in [0.05, 0.1) is 5.69 Å². The molecule has 0 aromatic heterocycles. The second-order valence-corrected chi connectivity index (χ2v) is 17.2. The Balaban J connectivity index is 1.13. The Bertz CT molecular complexity index is 2940. The fraction of sp³-hybridized carbons (Fsp3) is 0.143. The minimum Gasteiger partial charge on any atom is -0.310 e. The summed E-state index contributed by atoms with van der Waals surface area (Å²) in [6.07, 6.45) is 2.42. The number of rotatable bonds is 6. The minimum absolute atomic E-state index is 0.159. The lowest BCUT2D eigenvalue weighted by Gasteiger charge is -2.42. The molecule has 0 bridgehead atoms. The second-order valence-electron chi connectivity index (χ2n) is 17.2. The number of fused-ring (bicyclic) bond motifs is 5. The Kier molecular flexibility index (Phi) is 8.38. The normalized spacial score (nSPS) is 14.5. The summed E-state index contributed by atoms with van der Waals surface area (Å²) in [6, 6.07) is 69.7. The predicted octanol–water partition coefficient (Wildman–Crippen LogP) is 16.0. The summed E-state index contributed by atoms with van der Waals surface area (Å²) in [6.45, 7) is 9.62. The van der Waals surface area contributed by atoms with Crippen molar-refractivity contribution in [2.24, 2.45) is 0 Å². The van der Waals surface area contributed by atoms with Crippen LogP contribution in [0.2, 0.25) is 0 Å². The van der Waals surface area contributed by atoms with Crippen molar-refractivity contribution in [3.8, 4) is 33.4 Å². The van der Waals surface area contributed by atoms with E-state index in [1.807, 2.05) is 0 Å². The van der Waals surface area contributed by atoms with Crippen LogP contribution in [0, 0.1) is 0 Å². The number of anilines is 3. The molecule has 0 saturated carbocycles. The molecule has 0 atom stereocenters. The van der Waals surface area contributed by atoms with E-state index in [1.165, 1.54) is 89.7 Å². The molecule has 0 N–H and O–H groups in total. The molecule has 276 valence electrons. The third-order valence-electron chi connectivity index (χ3n) is 12.7. The SMILES string of the molecule is CC1(C)CCC(C)(C)c2cc(-c3ccc(N(c4ccc(-c5cccc6ccccc56)cc4)c4ccccc4-c4cc5ccccc5c5ccccc45)cc3)ccc21. The van der Waals surface area contributed by atoms with Gasteiger partial charge in [-0.3, -0.25) is 0 Å². The molecule has 1 aliphatic rings. The predicted molar refractivity (Wildman–Crippen MR) is 245 cm³/mol. The van der Waals surface area contributed by atoms with Crippen molar-refractivity contribution >= 4 is 49.4 Å². The Morgan fingerprint density at radius 2 is 0.877 bits per heavy atom. The Hall–Kier alpha value is -6.44. The Morgan fingerprint density at radius 1 is 0.351 bits per heavy atom. The van der Waals surface area contributed by atoms with Crippen molar-refractivity contribution in [3.05, 3.63) is 199 Å². The van der Waals surface area contributed by atoms with Crippen LogP contribution in [0.3, 0.4) is 0 Å². The van der Waals surface area contributed by atoms with Crippen LogP contribution in [0.1, 0.15) is 51.7 Å². The van der Waals surface area contributed by atoms with Crippen LogP contribution >= 0.6 is 0 Å². The number of hydrogen-bond acceptors (Lipinski definition) is 1. The molecule has 1 heteroatoms. The number of nitrogens with zero attached hydrogens (tertiary/aromatic N) is 1.